The van der Waals surface area contributed by atoms with Crippen molar-refractivity contribution in [2.75, 3.05) is 5.73 Å². The van der Waals surface area contributed by atoms with Gasteiger partial charge in [-0.3, -0.25) is 9.78 Å². The first-order valence-corrected chi connectivity index (χ1v) is 5.88. The van der Waals surface area contributed by atoms with Crippen molar-refractivity contribution in [1.29, 1.82) is 0 Å². The lowest BCUT2D eigenvalue weighted by Crippen LogP contribution is -2.14. The Bertz CT molecular complexity index is 683. The minimum Gasteiger partial charge on any atom is -0.398 e. The van der Waals surface area contributed by atoms with Crippen LogP contribution in [0.1, 0.15) is 21.5 Å². The maximum absolute atomic E-state index is 13.8. The predicted molar refractivity (Wildman–Crippen MR) is 68.1 cm³/mol. The first kappa shape index (κ1) is 15.0. The molecule has 0 saturated heterocycles. The standard InChI is InChI=1S/C14H10F4N2O/c15-13-9(2-1-3-10(13)14(16,17)18)12(21)6-8-7-20-5-4-11(8)19/h1-5,7H,6H2,(H2,19,20). The zero-order chi connectivity index (χ0) is 15.6. The number of anilines is 1. The minimum atomic E-state index is -4.85. The highest BCUT2D eigenvalue weighted by Gasteiger charge is 2.35. The van der Waals surface area contributed by atoms with Crippen molar-refractivity contribution < 1.29 is 22.4 Å². The van der Waals surface area contributed by atoms with Crippen molar-refractivity contribution in [3.8, 4) is 0 Å². The van der Waals surface area contributed by atoms with E-state index in [9.17, 15) is 22.4 Å². The van der Waals surface area contributed by atoms with Crippen molar-refractivity contribution in [1.82, 2.24) is 4.98 Å². The number of benzene rings is 1. The van der Waals surface area contributed by atoms with Crippen molar-refractivity contribution >= 4 is 11.5 Å². The SMILES string of the molecule is Nc1ccncc1CC(=O)c1cccc(C(F)(F)F)c1F. The molecule has 0 aliphatic rings. The Hall–Kier alpha value is -2.44. The van der Waals surface area contributed by atoms with Gasteiger partial charge < -0.3 is 5.73 Å². The van der Waals surface area contributed by atoms with Crippen LogP contribution < -0.4 is 5.73 Å². The Balaban J connectivity index is 2.35. The Kier molecular flexibility index (Phi) is 3.93. The van der Waals surface area contributed by atoms with Crippen LogP contribution in [0.2, 0.25) is 0 Å². The molecule has 2 rings (SSSR count). The highest BCUT2D eigenvalue weighted by molar-refractivity contribution is 5.98. The van der Waals surface area contributed by atoms with Gasteiger partial charge in [0.25, 0.3) is 0 Å². The highest BCUT2D eigenvalue weighted by atomic mass is 19.4. The van der Waals surface area contributed by atoms with E-state index in [0.717, 1.165) is 12.1 Å². The highest BCUT2D eigenvalue weighted by Crippen LogP contribution is 2.32. The molecule has 0 aliphatic carbocycles. The van der Waals surface area contributed by atoms with E-state index in [1.165, 1.54) is 18.5 Å². The van der Waals surface area contributed by atoms with Crippen LogP contribution >= 0.6 is 0 Å². The number of ketones is 1. The normalized spacial score (nSPS) is 11.4. The van der Waals surface area contributed by atoms with Crippen LogP contribution in [0.15, 0.2) is 36.7 Å². The number of nitrogens with two attached hydrogens (primary N) is 1. The predicted octanol–water partition coefficient (Wildman–Crippen LogP) is 3.25. The van der Waals surface area contributed by atoms with Crippen molar-refractivity contribution in [2.24, 2.45) is 0 Å². The summed E-state index contributed by atoms with van der Waals surface area (Å²) in [6.07, 6.45) is -2.45. The largest absolute Gasteiger partial charge is 0.419 e. The van der Waals surface area contributed by atoms with E-state index in [1.807, 2.05) is 0 Å². The molecule has 0 radical (unpaired) electrons. The number of pyridine rings is 1. The number of rotatable bonds is 3. The summed E-state index contributed by atoms with van der Waals surface area (Å²) in [5.74, 6) is -2.37. The number of alkyl halides is 3. The van der Waals surface area contributed by atoms with Gasteiger partial charge in [-0.15, -0.1) is 0 Å². The van der Waals surface area contributed by atoms with E-state index in [4.69, 9.17) is 5.73 Å². The van der Waals surface area contributed by atoms with E-state index in [0.29, 0.717) is 11.6 Å². The fourth-order valence-electron chi connectivity index (χ4n) is 1.82. The van der Waals surface area contributed by atoms with Gasteiger partial charge in [-0.05, 0) is 18.2 Å². The summed E-state index contributed by atoms with van der Waals surface area (Å²) in [6, 6.07) is 4.04. The van der Waals surface area contributed by atoms with Crippen LogP contribution in [0.3, 0.4) is 0 Å². The average Bonchev–Trinajstić information content (AvgIpc) is 2.40. The molecule has 1 aromatic heterocycles. The van der Waals surface area contributed by atoms with Gasteiger partial charge in [0.1, 0.15) is 5.82 Å². The van der Waals surface area contributed by atoms with E-state index in [1.54, 1.807) is 0 Å². The van der Waals surface area contributed by atoms with Crippen LogP contribution in [-0.4, -0.2) is 10.8 Å². The molecule has 0 fully saturated rings. The molecule has 0 saturated carbocycles. The lowest BCUT2D eigenvalue weighted by atomic mass is 10.0. The Morgan fingerprint density at radius 2 is 1.95 bits per heavy atom. The monoisotopic (exact) mass is 298 g/mol. The topological polar surface area (TPSA) is 56.0 Å². The van der Waals surface area contributed by atoms with E-state index >= 15 is 0 Å². The van der Waals surface area contributed by atoms with Crippen LogP contribution in [0.4, 0.5) is 23.2 Å². The maximum atomic E-state index is 13.8. The second-order valence-corrected chi connectivity index (χ2v) is 4.34. The number of hydrogen-bond donors (Lipinski definition) is 1. The second kappa shape index (κ2) is 5.51. The van der Waals surface area contributed by atoms with Gasteiger partial charge in [0, 0.05) is 30.1 Å². The second-order valence-electron chi connectivity index (χ2n) is 4.34. The Morgan fingerprint density at radius 3 is 2.57 bits per heavy atom. The third kappa shape index (κ3) is 3.18. The molecule has 0 aliphatic heterocycles. The molecule has 7 heteroatoms. The molecule has 21 heavy (non-hydrogen) atoms. The summed E-state index contributed by atoms with van der Waals surface area (Å²) in [7, 11) is 0. The van der Waals surface area contributed by atoms with Gasteiger partial charge in [0.2, 0.25) is 0 Å². The zero-order valence-corrected chi connectivity index (χ0v) is 10.6. The maximum Gasteiger partial charge on any atom is 0.419 e. The molecule has 0 atom stereocenters. The van der Waals surface area contributed by atoms with Crippen molar-refractivity contribution in [2.45, 2.75) is 12.6 Å². The summed E-state index contributed by atoms with van der Waals surface area (Å²) in [5, 5.41) is 0. The number of Topliss-reactive ketones (excluding diaryl/α,β-unsaturated/α-hetero) is 1. The zero-order valence-electron chi connectivity index (χ0n) is 10.6. The van der Waals surface area contributed by atoms with Gasteiger partial charge in [0.05, 0.1) is 11.1 Å². The number of nitrogen functional groups attached to an aromatic ring is 1. The fourth-order valence-corrected chi connectivity index (χ4v) is 1.82. The fraction of sp³-hybridized carbons (Fsp3) is 0.143. The lowest BCUT2D eigenvalue weighted by Gasteiger charge is -2.11. The number of halogens is 4. The molecule has 2 N–H and O–H groups in total. The Labute approximate surface area is 117 Å². The number of hydrogen-bond acceptors (Lipinski definition) is 3. The molecular weight excluding hydrogens is 288 g/mol. The van der Waals surface area contributed by atoms with Gasteiger partial charge in [-0.1, -0.05) is 6.07 Å². The molecule has 2 aromatic rings. The number of carbonyl (C=O) groups excluding carboxylic acids is 1. The average molecular weight is 298 g/mol. The summed E-state index contributed by atoms with van der Waals surface area (Å²) in [5.41, 5.74) is 4.14. The minimum absolute atomic E-state index is 0.269. The summed E-state index contributed by atoms with van der Waals surface area (Å²) in [4.78, 5) is 15.7. The number of carbonyl (C=O) groups is 1. The lowest BCUT2D eigenvalue weighted by molar-refractivity contribution is -0.140. The van der Waals surface area contributed by atoms with Crippen molar-refractivity contribution in [3.05, 3.63) is 59.2 Å². The molecule has 1 heterocycles. The molecule has 1 aromatic carbocycles. The molecule has 0 spiro atoms. The third-order valence-corrected chi connectivity index (χ3v) is 2.90. The quantitative estimate of drug-likeness (QED) is 0.699. The van der Waals surface area contributed by atoms with Crippen LogP contribution in [-0.2, 0) is 12.6 Å². The molecule has 0 unspecified atom stereocenters. The molecule has 110 valence electrons. The third-order valence-electron chi connectivity index (χ3n) is 2.90. The van der Waals surface area contributed by atoms with Gasteiger partial charge >= 0.3 is 6.18 Å². The Morgan fingerprint density at radius 1 is 1.24 bits per heavy atom. The van der Waals surface area contributed by atoms with Crippen LogP contribution in [0.25, 0.3) is 0 Å². The smallest absolute Gasteiger partial charge is 0.398 e. The number of nitrogens with zero attached hydrogens (tertiary/aromatic N) is 1. The van der Waals surface area contributed by atoms with Gasteiger partial charge in [-0.25, -0.2) is 4.39 Å². The molecule has 3 nitrogen and oxygen atoms in total. The number of aromatic nitrogens is 1. The summed E-state index contributed by atoms with van der Waals surface area (Å²) in [6.45, 7) is 0. The summed E-state index contributed by atoms with van der Waals surface area (Å²) < 4.78 is 51.6. The van der Waals surface area contributed by atoms with Crippen LogP contribution in [0.5, 0.6) is 0 Å². The van der Waals surface area contributed by atoms with Gasteiger partial charge in [0.15, 0.2) is 5.78 Å². The van der Waals surface area contributed by atoms with Crippen LogP contribution in [0, 0.1) is 5.82 Å². The molecular formula is C14H10F4N2O. The molecule has 0 bridgehead atoms. The summed E-state index contributed by atoms with van der Waals surface area (Å²) >= 11 is 0. The van der Waals surface area contributed by atoms with E-state index in [2.05, 4.69) is 4.98 Å². The van der Waals surface area contributed by atoms with E-state index in [-0.39, 0.29) is 12.1 Å². The first-order chi connectivity index (χ1) is 9.80. The van der Waals surface area contributed by atoms with Crippen molar-refractivity contribution in [3.63, 3.8) is 0 Å². The van der Waals surface area contributed by atoms with Gasteiger partial charge in [-0.2, -0.15) is 13.2 Å². The molecule has 0 amide bonds. The first-order valence-electron chi connectivity index (χ1n) is 5.88. The van der Waals surface area contributed by atoms with E-state index < -0.39 is 28.9 Å².